The summed E-state index contributed by atoms with van der Waals surface area (Å²) in [5.74, 6) is -0.183. The summed E-state index contributed by atoms with van der Waals surface area (Å²) in [5.41, 5.74) is 0.967. The van der Waals surface area contributed by atoms with Crippen LogP contribution in [0.5, 0.6) is 0 Å². The summed E-state index contributed by atoms with van der Waals surface area (Å²) in [6.45, 7) is 2.48. The number of hydrogen-bond acceptors (Lipinski definition) is 3. The minimum Gasteiger partial charge on any atom is -0.366 e. The number of nitrogens with one attached hydrogen (secondary N) is 1. The van der Waals surface area contributed by atoms with Crippen molar-refractivity contribution < 1.29 is 13.9 Å². The lowest BCUT2D eigenvalue weighted by atomic mass is 9.93. The topological polar surface area (TPSA) is 41.6 Å². The van der Waals surface area contributed by atoms with Crippen molar-refractivity contribution >= 4 is 5.91 Å². The highest BCUT2D eigenvalue weighted by atomic mass is 19.1. The van der Waals surface area contributed by atoms with Crippen molar-refractivity contribution in [2.75, 3.05) is 19.7 Å². The summed E-state index contributed by atoms with van der Waals surface area (Å²) >= 11 is 0. The quantitative estimate of drug-likeness (QED) is 0.927. The molecule has 1 atom stereocenters. The molecule has 3 rings (SSSR count). The molecule has 5 heteroatoms. The fourth-order valence-corrected chi connectivity index (χ4v) is 3.48. The van der Waals surface area contributed by atoms with Gasteiger partial charge in [-0.05, 0) is 30.5 Å². The lowest BCUT2D eigenvalue weighted by Crippen LogP contribution is -2.52. The second-order valence-corrected chi connectivity index (χ2v) is 6.45. The van der Waals surface area contributed by atoms with Gasteiger partial charge < -0.3 is 15.0 Å². The van der Waals surface area contributed by atoms with Gasteiger partial charge in [0, 0.05) is 25.7 Å². The molecule has 2 fully saturated rings. The van der Waals surface area contributed by atoms with Gasteiger partial charge in [0.15, 0.2) is 0 Å². The van der Waals surface area contributed by atoms with E-state index < -0.39 is 6.10 Å². The third kappa shape index (κ3) is 4.30. The lowest BCUT2D eigenvalue weighted by molar-refractivity contribution is -0.149. The van der Waals surface area contributed by atoms with Crippen molar-refractivity contribution in [3.05, 3.63) is 35.6 Å². The van der Waals surface area contributed by atoms with Gasteiger partial charge >= 0.3 is 0 Å². The van der Waals surface area contributed by atoms with E-state index in [-0.39, 0.29) is 17.8 Å². The van der Waals surface area contributed by atoms with Crippen LogP contribution in [0.3, 0.4) is 0 Å². The monoisotopic (exact) mass is 320 g/mol. The Kier molecular flexibility index (Phi) is 5.62. The number of carbonyl (C=O) groups excluding carboxylic acids is 1. The van der Waals surface area contributed by atoms with Crippen molar-refractivity contribution in [2.45, 2.75) is 50.8 Å². The van der Waals surface area contributed by atoms with Crippen molar-refractivity contribution in [1.82, 2.24) is 10.2 Å². The van der Waals surface area contributed by atoms with E-state index in [4.69, 9.17) is 4.74 Å². The molecular formula is C18H25FN2O2. The second kappa shape index (κ2) is 7.88. The number of ether oxygens (including phenoxy) is 1. The van der Waals surface area contributed by atoms with Crippen LogP contribution in [0.25, 0.3) is 0 Å². The first-order chi connectivity index (χ1) is 11.2. The summed E-state index contributed by atoms with van der Waals surface area (Å²) in [5, 5.41) is 3.22. The highest BCUT2D eigenvalue weighted by molar-refractivity contribution is 5.81. The molecule has 1 aliphatic heterocycles. The SMILES string of the molecule is O=C(C1CNCCO1)N(Cc1ccc(F)cc1)C1CCCCC1. The lowest BCUT2D eigenvalue weighted by Gasteiger charge is -2.37. The molecule has 1 aromatic carbocycles. The number of benzene rings is 1. The van der Waals surface area contributed by atoms with Gasteiger partial charge in [0.1, 0.15) is 11.9 Å². The number of hydrogen-bond donors (Lipinski definition) is 1. The average Bonchev–Trinajstić information content (AvgIpc) is 2.62. The van der Waals surface area contributed by atoms with Crippen molar-refractivity contribution in [3.63, 3.8) is 0 Å². The highest BCUT2D eigenvalue weighted by Gasteiger charge is 2.32. The first-order valence-corrected chi connectivity index (χ1v) is 8.61. The third-order valence-corrected chi connectivity index (χ3v) is 4.77. The second-order valence-electron chi connectivity index (χ2n) is 6.45. The van der Waals surface area contributed by atoms with Crippen LogP contribution in [0.4, 0.5) is 4.39 Å². The van der Waals surface area contributed by atoms with Gasteiger partial charge in [-0.3, -0.25) is 4.79 Å². The minimum atomic E-state index is -0.397. The summed E-state index contributed by atoms with van der Waals surface area (Å²) in [4.78, 5) is 14.9. The number of halogens is 1. The Hall–Kier alpha value is -1.46. The maximum absolute atomic E-state index is 13.1. The van der Waals surface area contributed by atoms with Gasteiger partial charge in [0.2, 0.25) is 0 Å². The van der Waals surface area contributed by atoms with Crippen molar-refractivity contribution in [1.29, 1.82) is 0 Å². The van der Waals surface area contributed by atoms with Crippen LogP contribution < -0.4 is 5.32 Å². The molecular weight excluding hydrogens is 295 g/mol. The molecule has 1 amide bonds. The van der Waals surface area contributed by atoms with E-state index in [9.17, 15) is 9.18 Å². The fraction of sp³-hybridized carbons (Fsp3) is 0.611. The Labute approximate surface area is 137 Å². The molecule has 23 heavy (non-hydrogen) atoms. The zero-order valence-electron chi connectivity index (χ0n) is 13.5. The molecule has 0 radical (unpaired) electrons. The van der Waals surface area contributed by atoms with Crippen molar-refractivity contribution in [2.24, 2.45) is 0 Å². The Morgan fingerprint density at radius 2 is 1.96 bits per heavy atom. The smallest absolute Gasteiger partial charge is 0.253 e. The number of amides is 1. The molecule has 1 N–H and O–H groups in total. The molecule has 2 aliphatic rings. The van der Waals surface area contributed by atoms with Gasteiger partial charge in [-0.25, -0.2) is 4.39 Å². The molecule has 1 unspecified atom stereocenters. The first kappa shape index (κ1) is 16.4. The number of rotatable bonds is 4. The molecule has 0 aromatic heterocycles. The predicted molar refractivity (Wildman–Crippen MR) is 86.4 cm³/mol. The van der Waals surface area contributed by atoms with E-state index >= 15 is 0 Å². The van der Waals surface area contributed by atoms with Crippen LogP contribution in [-0.2, 0) is 16.1 Å². The van der Waals surface area contributed by atoms with Gasteiger partial charge in [0.25, 0.3) is 5.91 Å². The van der Waals surface area contributed by atoms with Crippen LogP contribution in [-0.4, -0.2) is 42.6 Å². The molecule has 0 spiro atoms. The minimum absolute atomic E-state index is 0.0634. The van der Waals surface area contributed by atoms with Crippen molar-refractivity contribution in [3.8, 4) is 0 Å². The summed E-state index contributed by atoms with van der Waals surface area (Å²) in [7, 11) is 0. The Balaban J connectivity index is 1.74. The van der Waals surface area contributed by atoms with Gasteiger partial charge in [-0.1, -0.05) is 31.4 Å². The van der Waals surface area contributed by atoms with Gasteiger partial charge in [0.05, 0.1) is 6.61 Å². The molecule has 1 saturated carbocycles. The normalized spacial score (nSPS) is 22.7. The van der Waals surface area contributed by atoms with Crippen LogP contribution in [0.15, 0.2) is 24.3 Å². The zero-order valence-corrected chi connectivity index (χ0v) is 13.5. The average molecular weight is 320 g/mol. The van der Waals surface area contributed by atoms with Gasteiger partial charge in [-0.2, -0.15) is 0 Å². The van der Waals surface area contributed by atoms with Crippen LogP contribution in [0.1, 0.15) is 37.7 Å². The molecule has 1 aliphatic carbocycles. The Morgan fingerprint density at radius 3 is 2.61 bits per heavy atom. The number of nitrogens with zero attached hydrogens (tertiary/aromatic N) is 1. The fourth-order valence-electron chi connectivity index (χ4n) is 3.48. The van der Waals surface area contributed by atoms with Crippen LogP contribution >= 0.6 is 0 Å². The van der Waals surface area contributed by atoms with E-state index in [2.05, 4.69) is 5.32 Å². The van der Waals surface area contributed by atoms with Crippen LogP contribution in [0, 0.1) is 5.82 Å². The number of carbonyl (C=O) groups is 1. The maximum atomic E-state index is 13.1. The molecule has 1 saturated heterocycles. The van der Waals surface area contributed by atoms with E-state index in [1.165, 1.54) is 31.4 Å². The van der Waals surface area contributed by atoms with E-state index in [1.807, 2.05) is 4.90 Å². The third-order valence-electron chi connectivity index (χ3n) is 4.77. The van der Waals surface area contributed by atoms with E-state index in [0.29, 0.717) is 19.7 Å². The zero-order chi connectivity index (χ0) is 16.1. The molecule has 4 nitrogen and oxygen atoms in total. The summed E-state index contributed by atoms with van der Waals surface area (Å²) in [6.07, 6.45) is 5.28. The Morgan fingerprint density at radius 1 is 1.22 bits per heavy atom. The maximum Gasteiger partial charge on any atom is 0.253 e. The summed E-state index contributed by atoms with van der Waals surface area (Å²) in [6, 6.07) is 6.71. The Bertz CT molecular complexity index is 508. The standard InChI is InChI=1S/C18H25FN2O2/c19-15-8-6-14(7-9-15)13-21(16-4-2-1-3-5-16)18(22)17-12-20-10-11-23-17/h6-9,16-17,20H,1-5,10-13H2. The molecule has 126 valence electrons. The largest absolute Gasteiger partial charge is 0.366 e. The van der Waals surface area contributed by atoms with Crippen LogP contribution in [0.2, 0.25) is 0 Å². The molecule has 1 aromatic rings. The number of morpholine rings is 1. The molecule has 1 heterocycles. The van der Waals surface area contributed by atoms with Gasteiger partial charge in [-0.15, -0.1) is 0 Å². The highest BCUT2D eigenvalue weighted by Crippen LogP contribution is 2.25. The molecule has 0 bridgehead atoms. The predicted octanol–water partition coefficient (Wildman–Crippen LogP) is 2.48. The first-order valence-electron chi connectivity index (χ1n) is 8.61. The summed E-state index contributed by atoms with van der Waals surface area (Å²) < 4.78 is 18.8. The van der Waals surface area contributed by atoms with E-state index in [1.54, 1.807) is 12.1 Å². The van der Waals surface area contributed by atoms with E-state index in [0.717, 1.165) is 24.9 Å².